The molecule has 4 nitrogen and oxygen atoms in total. The molecule has 0 aliphatic carbocycles. The molecule has 1 N–H and O–H groups in total. The van der Waals surface area contributed by atoms with E-state index >= 15 is 0 Å². The number of pyridine rings is 1. The molecule has 0 aliphatic rings. The van der Waals surface area contributed by atoms with Crippen LogP contribution in [0, 0.1) is 0 Å². The van der Waals surface area contributed by atoms with Gasteiger partial charge in [-0.1, -0.05) is 41.4 Å². The predicted octanol–water partition coefficient (Wildman–Crippen LogP) is 6.27. The molecule has 1 unspecified atom stereocenters. The number of alkyl halides is 3. The number of esters is 1. The highest BCUT2D eigenvalue weighted by Crippen LogP contribution is 2.30. The number of aliphatic hydroxyl groups is 1. The molecule has 1 atom stereocenters. The Morgan fingerprint density at radius 1 is 1.09 bits per heavy atom. The Bertz CT molecular complexity index is 1110. The number of rotatable bonds is 6. The molecule has 166 valence electrons. The fourth-order valence-corrected chi connectivity index (χ4v) is 3.42. The number of ether oxygens (including phenoxy) is 1. The summed E-state index contributed by atoms with van der Waals surface area (Å²) >= 11 is 12.0. The maximum atomic E-state index is 12.9. The first-order chi connectivity index (χ1) is 15.1. The summed E-state index contributed by atoms with van der Waals surface area (Å²) in [6, 6.07) is 12.2. The second kappa shape index (κ2) is 10.2. The van der Waals surface area contributed by atoms with Crippen LogP contribution >= 0.6 is 23.2 Å². The molecule has 3 aromatic rings. The van der Waals surface area contributed by atoms with Gasteiger partial charge in [-0.15, -0.1) is 0 Å². The van der Waals surface area contributed by atoms with E-state index in [2.05, 4.69) is 4.98 Å². The van der Waals surface area contributed by atoms with Gasteiger partial charge in [0.1, 0.15) is 12.7 Å². The normalized spacial score (nSPS) is 13.0. The molecule has 0 fully saturated rings. The van der Waals surface area contributed by atoms with Gasteiger partial charge in [0.05, 0.1) is 11.1 Å². The molecule has 0 spiro atoms. The molecule has 0 saturated carbocycles. The summed E-state index contributed by atoms with van der Waals surface area (Å²) in [6.45, 7) is -0.420. The Kier molecular flexibility index (Phi) is 7.56. The van der Waals surface area contributed by atoms with E-state index in [-0.39, 0.29) is 11.1 Å². The van der Waals surface area contributed by atoms with Crippen molar-refractivity contribution in [3.8, 4) is 0 Å². The molecule has 1 aromatic heterocycles. The van der Waals surface area contributed by atoms with Gasteiger partial charge >= 0.3 is 12.1 Å². The van der Waals surface area contributed by atoms with Crippen LogP contribution < -0.4 is 0 Å². The molecule has 0 bridgehead atoms. The predicted molar refractivity (Wildman–Crippen MR) is 115 cm³/mol. The first kappa shape index (κ1) is 23.8. The summed E-state index contributed by atoms with van der Waals surface area (Å²) in [5.41, 5.74) is -0.123. The van der Waals surface area contributed by atoms with Gasteiger partial charge < -0.3 is 9.84 Å². The van der Waals surface area contributed by atoms with Crippen molar-refractivity contribution in [2.24, 2.45) is 0 Å². The quantitative estimate of drug-likeness (QED) is 0.333. The lowest BCUT2D eigenvalue weighted by atomic mass is 10.0. The molecular weight excluding hydrogens is 466 g/mol. The van der Waals surface area contributed by atoms with Gasteiger partial charge in [-0.25, -0.2) is 4.79 Å². The molecule has 0 saturated heterocycles. The Balaban J connectivity index is 1.89. The van der Waals surface area contributed by atoms with Crippen LogP contribution in [-0.2, 0) is 22.3 Å². The van der Waals surface area contributed by atoms with Crippen molar-refractivity contribution < 1.29 is 27.8 Å². The zero-order chi connectivity index (χ0) is 23.3. The van der Waals surface area contributed by atoms with Gasteiger partial charge in [0, 0.05) is 28.0 Å². The van der Waals surface area contributed by atoms with Crippen LogP contribution in [0.2, 0.25) is 10.0 Å². The van der Waals surface area contributed by atoms with E-state index in [1.54, 1.807) is 12.1 Å². The number of nitrogens with zero attached hydrogens (tertiary/aromatic N) is 1. The van der Waals surface area contributed by atoms with E-state index in [0.29, 0.717) is 21.2 Å². The summed E-state index contributed by atoms with van der Waals surface area (Å²) < 4.78 is 44.0. The number of hydrogen-bond donors (Lipinski definition) is 1. The maximum absolute atomic E-state index is 12.9. The van der Waals surface area contributed by atoms with Crippen LogP contribution in [0.25, 0.3) is 6.08 Å². The Labute approximate surface area is 191 Å². The van der Waals surface area contributed by atoms with Crippen molar-refractivity contribution in [2.75, 3.05) is 0 Å². The van der Waals surface area contributed by atoms with Crippen molar-refractivity contribution >= 4 is 35.2 Å². The molecule has 0 aliphatic heterocycles. The average molecular weight is 482 g/mol. The standard InChI is InChI=1S/C23H16Cl2F3NO3/c24-18-8-15(9-19(25)11-18)10-20(21(30)16-4-2-6-29-12-16)22(31)32-13-14-3-1-5-17(7-14)23(26,27)28/h1-12,21,30H,13H2/b20-10-. The van der Waals surface area contributed by atoms with Crippen LogP contribution in [0.3, 0.4) is 0 Å². The maximum Gasteiger partial charge on any atom is 0.416 e. The van der Waals surface area contributed by atoms with Crippen LogP contribution in [0.4, 0.5) is 13.2 Å². The average Bonchev–Trinajstić information content (AvgIpc) is 2.75. The van der Waals surface area contributed by atoms with Crippen LogP contribution in [0.1, 0.15) is 28.4 Å². The largest absolute Gasteiger partial charge is 0.457 e. The van der Waals surface area contributed by atoms with Crippen molar-refractivity contribution in [3.05, 3.63) is 105 Å². The lowest BCUT2D eigenvalue weighted by Crippen LogP contribution is -2.15. The third-order valence-corrected chi connectivity index (χ3v) is 4.80. The van der Waals surface area contributed by atoms with Crippen LogP contribution in [0.5, 0.6) is 0 Å². The zero-order valence-electron chi connectivity index (χ0n) is 16.3. The van der Waals surface area contributed by atoms with Gasteiger partial charge in [0.25, 0.3) is 0 Å². The summed E-state index contributed by atoms with van der Waals surface area (Å²) in [7, 11) is 0. The highest BCUT2D eigenvalue weighted by molar-refractivity contribution is 6.34. The van der Waals surface area contributed by atoms with Crippen molar-refractivity contribution in [1.82, 2.24) is 4.98 Å². The van der Waals surface area contributed by atoms with E-state index in [0.717, 1.165) is 12.1 Å². The number of carbonyl (C=O) groups is 1. The van der Waals surface area contributed by atoms with Crippen molar-refractivity contribution in [1.29, 1.82) is 0 Å². The topological polar surface area (TPSA) is 59.4 Å². The number of halogens is 5. The Morgan fingerprint density at radius 3 is 2.44 bits per heavy atom. The third-order valence-electron chi connectivity index (χ3n) is 4.36. The smallest absolute Gasteiger partial charge is 0.416 e. The van der Waals surface area contributed by atoms with Gasteiger partial charge in [-0.3, -0.25) is 4.98 Å². The Hall–Kier alpha value is -2.87. The van der Waals surface area contributed by atoms with Gasteiger partial charge in [-0.05, 0) is 53.6 Å². The van der Waals surface area contributed by atoms with Gasteiger partial charge in [-0.2, -0.15) is 13.2 Å². The molecule has 0 radical (unpaired) electrons. The summed E-state index contributed by atoms with van der Waals surface area (Å²) in [5, 5.41) is 11.4. The fraction of sp³-hybridized carbons (Fsp3) is 0.130. The SMILES string of the molecule is O=C(OCc1cccc(C(F)(F)F)c1)/C(=C\c1cc(Cl)cc(Cl)c1)C(O)c1cccnc1. The summed E-state index contributed by atoms with van der Waals surface area (Å²) in [6.07, 6.45) is -1.70. The minimum absolute atomic E-state index is 0.147. The molecule has 9 heteroatoms. The molecular formula is C23H16Cl2F3NO3. The number of hydrogen-bond acceptors (Lipinski definition) is 4. The lowest BCUT2D eigenvalue weighted by molar-refractivity contribution is -0.141. The van der Waals surface area contributed by atoms with E-state index in [4.69, 9.17) is 27.9 Å². The lowest BCUT2D eigenvalue weighted by Gasteiger charge is -2.15. The molecule has 0 amide bonds. The van der Waals surface area contributed by atoms with Gasteiger partial charge in [0.2, 0.25) is 0 Å². The highest BCUT2D eigenvalue weighted by atomic mass is 35.5. The first-order valence-electron chi connectivity index (χ1n) is 9.22. The minimum atomic E-state index is -4.52. The van der Waals surface area contributed by atoms with E-state index in [1.807, 2.05) is 0 Å². The Morgan fingerprint density at radius 2 is 1.81 bits per heavy atom. The highest BCUT2D eigenvalue weighted by Gasteiger charge is 2.30. The summed E-state index contributed by atoms with van der Waals surface area (Å²) in [4.78, 5) is 16.7. The molecule has 1 heterocycles. The second-order valence-corrected chi connectivity index (χ2v) is 7.64. The fourth-order valence-electron chi connectivity index (χ4n) is 2.87. The van der Waals surface area contributed by atoms with E-state index < -0.39 is 30.4 Å². The summed E-state index contributed by atoms with van der Waals surface area (Å²) in [5.74, 6) is -0.921. The van der Waals surface area contributed by atoms with E-state index in [9.17, 15) is 23.1 Å². The number of aliphatic hydroxyl groups excluding tert-OH is 1. The van der Waals surface area contributed by atoms with Crippen LogP contribution in [-0.4, -0.2) is 16.1 Å². The molecule has 2 aromatic carbocycles. The monoisotopic (exact) mass is 481 g/mol. The first-order valence-corrected chi connectivity index (χ1v) is 9.98. The molecule has 3 rings (SSSR count). The number of carbonyl (C=O) groups excluding carboxylic acids is 1. The number of benzene rings is 2. The second-order valence-electron chi connectivity index (χ2n) is 6.77. The third kappa shape index (κ3) is 6.32. The van der Waals surface area contributed by atoms with Gasteiger partial charge in [0.15, 0.2) is 0 Å². The zero-order valence-corrected chi connectivity index (χ0v) is 17.8. The number of aromatic nitrogens is 1. The van der Waals surface area contributed by atoms with Crippen molar-refractivity contribution in [2.45, 2.75) is 18.9 Å². The minimum Gasteiger partial charge on any atom is -0.457 e. The van der Waals surface area contributed by atoms with E-state index in [1.165, 1.54) is 48.8 Å². The van der Waals surface area contributed by atoms with Crippen molar-refractivity contribution in [3.63, 3.8) is 0 Å². The van der Waals surface area contributed by atoms with Crippen LogP contribution in [0.15, 0.2) is 72.6 Å². The molecule has 32 heavy (non-hydrogen) atoms.